The third kappa shape index (κ3) is 6.51. The van der Waals surface area contributed by atoms with Crippen LogP contribution >= 0.6 is 0 Å². The van der Waals surface area contributed by atoms with Crippen molar-refractivity contribution in [3.05, 3.63) is 108 Å². The predicted octanol–water partition coefficient (Wildman–Crippen LogP) is 5.02. The number of carbonyl (C=O) groups is 4. The summed E-state index contributed by atoms with van der Waals surface area (Å²) in [5, 5.41) is 5.94. The molecule has 2 aromatic heterocycles. The molecule has 0 spiro atoms. The van der Waals surface area contributed by atoms with Crippen LogP contribution in [0.4, 0.5) is 11.4 Å². The van der Waals surface area contributed by atoms with Gasteiger partial charge < -0.3 is 29.6 Å². The minimum atomic E-state index is -0.497. The fourth-order valence-corrected chi connectivity index (χ4v) is 6.22. The van der Waals surface area contributed by atoms with E-state index in [1.54, 1.807) is 31.1 Å². The maximum atomic E-state index is 13.1. The molecule has 6 rings (SSSR count). The number of hydrogen-bond donors (Lipinski definition) is 2. The molecule has 2 fully saturated rings. The highest BCUT2D eigenvalue weighted by molar-refractivity contribution is 6.02. The molecule has 0 unspecified atom stereocenters. The lowest BCUT2D eigenvalue weighted by atomic mass is 10.1. The minimum absolute atomic E-state index is 0.128. The van der Waals surface area contributed by atoms with Crippen molar-refractivity contribution in [3.63, 3.8) is 0 Å². The van der Waals surface area contributed by atoms with Crippen LogP contribution in [0.2, 0.25) is 0 Å². The second kappa shape index (κ2) is 13.3. The molecular formula is C36H38N6O4. The third-order valence-electron chi connectivity index (χ3n) is 8.78. The Morgan fingerprint density at radius 2 is 1.00 bits per heavy atom. The van der Waals surface area contributed by atoms with Crippen molar-refractivity contribution in [1.82, 2.24) is 18.9 Å². The summed E-state index contributed by atoms with van der Waals surface area (Å²) >= 11 is 0. The number of anilines is 2. The molecular weight excluding hydrogens is 580 g/mol. The molecule has 2 N–H and O–H groups in total. The van der Waals surface area contributed by atoms with Gasteiger partial charge in [-0.3, -0.25) is 19.2 Å². The van der Waals surface area contributed by atoms with E-state index >= 15 is 0 Å². The normalized spacial score (nSPS) is 17.9. The van der Waals surface area contributed by atoms with Crippen molar-refractivity contribution in [3.8, 4) is 0 Å². The maximum absolute atomic E-state index is 13.1. The lowest BCUT2D eigenvalue weighted by molar-refractivity contribution is -0.120. The Labute approximate surface area is 268 Å². The summed E-state index contributed by atoms with van der Waals surface area (Å²) in [5.41, 5.74) is 4.41. The number of aromatic nitrogens is 2. The summed E-state index contributed by atoms with van der Waals surface area (Å²) in [6.07, 6.45) is 10.5. The van der Waals surface area contributed by atoms with E-state index < -0.39 is 12.1 Å². The third-order valence-corrected chi connectivity index (χ3v) is 8.78. The Morgan fingerprint density at radius 3 is 1.35 bits per heavy atom. The maximum Gasteiger partial charge on any atom is 0.271 e. The van der Waals surface area contributed by atoms with Gasteiger partial charge in [0.05, 0.1) is 0 Å². The molecule has 4 heterocycles. The zero-order valence-electron chi connectivity index (χ0n) is 26.1. The summed E-state index contributed by atoms with van der Waals surface area (Å²) in [5.74, 6) is -0.619. The van der Waals surface area contributed by atoms with E-state index in [4.69, 9.17) is 0 Å². The van der Waals surface area contributed by atoms with E-state index in [1.165, 1.54) is 0 Å². The van der Waals surface area contributed by atoms with Crippen LogP contribution in [0.15, 0.2) is 85.2 Å². The molecule has 2 aromatic carbocycles. The highest BCUT2D eigenvalue weighted by atomic mass is 16.2. The van der Waals surface area contributed by atoms with Crippen molar-refractivity contribution in [1.29, 1.82) is 0 Å². The summed E-state index contributed by atoms with van der Waals surface area (Å²) in [6.45, 7) is 1.13. The van der Waals surface area contributed by atoms with Crippen LogP contribution in [0.1, 0.15) is 57.8 Å². The van der Waals surface area contributed by atoms with Crippen molar-refractivity contribution < 1.29 is 19.2 Å². The molecule has 0 saturated carbocycles. The SMILES string of the molecule is Cn1cccc1C(=O)N1CCC[C@H]1C(=O)Nc1ccc(/C=C/c2ccc(NC(=O)[C@@H]3CCCN3C(=O)c3cccn3C)cc2)cc1. The van der Waals surface area contributed by atoms with Gasteiger partial charge in [0.25, 0.3) is 11.8 Å². The zero-order valence-corrected chi connectivity index (χ0v) is 26.1. The molecule has 2 saturated heterocycles. The molecule has 46 heavy (non-hydrogen) atoms. The molecule has 4 aromatic rings. The number of nitrogens with zero attached hydrogens (tertiary/aromatic N) is 4. The van der Waals surface area contributed by atoms with Crippen molar-refractivity contribution >= 4 is 47.2 Å². The topological polar surface area (TPSA) is 109 Å². The van der Waals surface area contributed by atoms with Crippen LogP contribution in [-0.2, 0) is 23.7 Å². The van der Waals surface area contributed by atoms with Gasteiger partial charge >= 0.3 is 0 Å². The molecule has 0 bridgehead atoms. The number of amides is 4. The van der Waals surface area contributed by atoms with Gasteiger partial charge in [-0.15, -0.1) is 0 Å². The first kappa shape index (κ1) is 30.6. The van der Waals surface area contributed by atoms with Crippen LogP contribution < -0.4 is 10.6 Å². The van der Waals surface area contributed by atoms with Crippen LogP contribution in [0.25, 0.3) is 12.2 Å². The molecule has 2 atom stereocenters. The first-order valence-corrected chi connectivity index (χ1v) is 15.6. The highest BCUT2D eigenvalue weighted by Crippen LogP contribution is 2.24. The second-order valence-electron chi connectivity index (χ2n) is 11.9. The molecule has 2 aliphatic rings. The predicted molar refractivity (Wildman–Crippen MR) is 178 cm³/mol. The Morgan fingerprint density at radius 1 is 0.609 bits per heavy atom. The quantitative estimate of drug-likeness (QED) is 0.270. The second-order valence-corrected chi connectivity index (χ2v) is 11.9. The minimum Gasteiger partial charge on any atom is -0.347 e. The van der Waals surface area contributed by atoms with Crippen LogP contribution in [-0.4, -0.2) is 67.7 Å². The molecule has 0 aliphatic carbocycles. The molecule has 10 heteroatoms. The summed E-state index contributed by atoms with van der Waals surface area (Å²) in [4.78, 5) is 55.5. The van der Waals surface area contributed by atoms with E-state index in [0.29, 0.717) is 48.7 Å². The summed E-state index contributed by atoms with van der Waals surface area (Å²) in [6, 6.07) is 21.3. The van der Waals surface area contributed by atoms with Gasteiger partial charge in [0.15, 0.2) is 0 Å². The van der Waals surface area contributed by atoms with Gasteiger partial charge in [-0.25, -0.2) is 0 Å². The Hall–Kier alpha value is -5.38. The number of likely N-dealkylation sites (tertiary alicyclic amines) is 2. The standard InChI is InChI=1S/C36H38N6O4/c1-39-21-3-9-31(39)35(45)41-23-5-7-29(41)33(43)37-27-17-13-25(14-18-27)11-12-26-15-19-28(20-16-26)38-34(44)30-8-6-24-42(30)36(46)32-10-4-22-40(32)2/h3-4,9-22,29-30H,5-8,23-24H2,1-2H3,(H,37,43)(H,38,44)/b12-11+/t29-,30-/m0/s1. The van der Waals surface area contributed by atoms with Crippen LogP contribution in [0.3, 0.4) is 0 Å². The number of carbonyl (C=O) groups excluding carboxylic acids is 4. The van der Waals surface area contributed by atoms with E-state index in [-0.39, 0.29) is 23.6 Å². The monoisotopic (exact) mass is 618 g/mol. The van der Waals surface area contributed by atoms with Gasteiger partial charge in [0, 0.05) is 51.0 Å². The largest absolute Gasteiger partial charge is 0.347 e. The van der Waals surface area contributed by atoms with Gasteiger partial charge in [0.2, 0.25) is 11.8 Å². The number of nitrogens with one attached hydrogen (secondary N) is 2. The molecule has 4 amide bonds. The smallest absolute Gasteiger partial charge is 0.271 e. The molecule has 10 nitrogen and oxygen atoms in total. The number of rotatable bonds is 8. The van der Waals surface area contributed by atoms with Gasteiger partial charge in [-0.2, -0.15) is 0 Å². The molecule has 236 valence electrons. The van der Waals surface area contributed by atoms with E-state index in [2.05, 4.69) is 10.6 Å². The Bertz CT molecular complexity index is 1640. The van der Waals surface area contributed by atoms with Crippen molar-refractivity contribution in [2.45, 2.75) is 37.8 Å². The Kier molecular flexibility index (Phi) is 8.87. The lowest BCUT2D eigenvalue weighted by Crippen LogP contribution is -2.43. The highest BCUT2D eigenvalue weighted by Gasteiger charge is 2.36. The number of hydrogen-bond acceptors (Lipinski definition) is 4. The van der Waals surface area contributed by atoms with Crippen molar-refractivity contribution in [2.75, 3.05) is 23.7 Å². The number of aryl methyl sites for hydroxylation is 2. The number of benzene rings is 2. The van der Waals surface area contributed by atoms with Gasteiger partial charge in [-0.05, 0) is 85.3 Å². The molecule has 2 aliphatic heterocycles. The first-order valence-electron chi connectivity index (χ1n) is 15.6. The zero-order chi connectivity index (χ0) is 32.2. The Balaban J connectivity index is 1.01. The fourth-order valence-electron chi connectivity index (χ4n) is 6.22. The van der Waals surface area contributed by atoms with E-state index in [9.17, 15) is 19.2 Å². The van der Waals surface area contributed by atoms with Gasteiger partial charge in [0.1, 0.15) is 23.5 Å². The first-order chi connectivity index (χ1) is 22.3. The average molecular weight is 619 g/mol. The van der Waals surface area contributed by atoms with Crippen LogP contribution in [0.5, 0.6) is 0 Å². The molecule has 0 radical (unpaired) electrons. The van der Waals surface area contributed by atoms with Gasteiger partial charge in [-0.1, -0.05) is 36.4 Å². The van der Waals surface area contributed by atoms with Crippen molar-refractivity contribution in [2.24, 2.45) is 14.1 Å². The summed E-state index contributed by atoms with van der Waals surface area (Å²) in [7, 11) is 3.65. The average Bonchev–Trinajstić information content (AvgIpc) is 3.88. The summed E-state index contributed by atoms with van der Waals surface area (Å²) < 4.78 is 3.55. The fraction of sp³-hybridized carbons (Fsp3) is 0.278. The van der Waals surface area contributed by atoms with E-state index in [0.717, 1.165) is 24.0 Å². The van der Waals surface area contributed by atoms with E-state index in [1.807, 2.05) is 99.3 Å². The lowest BCUT2D eigenvalue weighted by Gasteiger charge is -2.24. The van der Waals surface area contributed by atoms with Crippen LogP contribution in [0, 0.1) is 0 Å².